The van der Waals surface area contributed by atoms with Crippen LogP contribution in [0.3, 0.4) is 0 Å². The van der Waals surface area contributed by atoms with Crippen molar-refractivity contribution in [3.63, 3.8) is 0 Å². The average molecular weight is 365 g/mol. The van der Waals surface area contributed by atoms with Gasteiger partial charge >= 0.3 is 0 Å². The third-order valence-corrected chi connectivity index (χ3v) is 4.71. The molecule has 0 aliphatic carbocycles. The minimum atomic E-state index is -0.327. The molecule has 2 aromatic carbocycles. The Morgan fingerprint density at radius 1 is 1.26 bits per heavy atom. The number of nitrogens with zero attached hydrogens (tertiary/aromatic N) is 2. The summed E-state index contributed by atoms with van der Waals surface area (Å²) in [5.74, 6) is 1.05. The van der Waals surface area contributed by atoms with Crippen molar-refractivity contribution in [1.82, 2.24) is 10.1 Å². The highest BCUT2D eigenvalue weighted by atomic mass is 19.1. The van der Waals surface area contributed by atoms with Crippen molar-refractivity contribution < 1.29 is 13.7 Å². The van der Waals surface area contributed by atoms with Gasteiger partial charge in [-0.25, -0.2) is 4.39 Å². The lowest BCUT2D eigenvalue weighted by Crippen LogP contribution is -2.36. The van der Waals surface area contributed by atoms with Gasteiger partial charge in [-0.05, 0) is 30.7 Å². The van der Waals surface area contributed by atoms with Crippen LogP contribution in [-0.2, 0) is 24.2 Å². The lowest BCUT2D eigenvalue weighted by molar-refractivity contribution is -0.131. The molecular formula is C21H20FN3O2. The van der Waals surface area contributed by atoms with Gasteiger partial charge in [-0.2, -0.15) is 0 Å². The van der Waals surface area contributed by atoms with E-state index in [2.05, 4.69) is 10.5 Å². The molecule has 2 heterocycles. The number of amides is 1. The summed E-state index contributed by atoms with van der Waals surface area (Å²) in [6.07, 6.45) is 0.988. The van der Waals surface area contributed by atoms with Crippen LogP contribution < -0.4 is 5.32 Å². The highest BCUT2D eigenvalue weighted by molar-refractivity contribution is 5.79. The summed E-state index contributed by atoms with van der Waals surface area (Å²) >= 11 is 0. The number of fused-ring (bicyclic) bond motifs is 1. The van der Waals surface area contributed by atoms with Gasteiger partial charge in [0.1, 0.15) is 11.6 Å². The van der Waals surface area contributed by atoms with Crippen LogP contribution in [0, 0.1) is 12.7 Å². The van der Waals surface area contributed by atoms with Crippen LogP contribution in [-0.4, -0.2) is 22.5 Å². The summed E-state index contributed by atoms with van der Waals surface area (Å²) in [6, 6.07) is 14.1. The van der Waals surface area contributed by atoms with Crippen LogP contribution in [0.5, 0.6) is 0 Å². The zero-order valence-corrected chi connectivity index (χ0v) is 15.0. The minimum absolute atomic E-state index is 0.0733. The molecule has 0 unspecified atom stereocenters. The SMILES string of the molecule is Cc1cccc(CC(=O)N2CCc3onc(Nc4cccc(F)c4)c3C2)c1. The molecule has 0 saturated carbocycles. The van der Waals surface area contributed by atoms with E-state index in [1.165, 1.54) is 12.1 Å². The molecule has 0 saturated heterocycles. The first-order valence-corrected chi connectivity index (χ1v) is 8.92. The summed E-state index contributed by atoms with van der Waals surface area (Å²) in [7, 11) is 0. The van der Waals surface area contributed by atoms with Crippen molar-refractivity contribution in [2.24, 2.45) is 0 Å². The van der Waals surface area contributed by atoms with Crippen molar-refractivity contribution in [2.75, 3.05) is 11.9 Å². The topological polar surface area (TPSA) is 58.4 Å². The van der Waals surface area contributed by atoms with Crippen molar-refractivity contribution in [3.05, 3.63) is 76.8 Å². The van der Waals surface area contributed by atoms with E-state index in [4.69, 9.17) is 4.52 Å². The smallest absolute Gasteiger partial charge is 0.227 e. The van der Waals surface area contributed by atoms with Crippen molar-refractivity contribution in [2.45, 2.75) is 26.3 Å². The van der Waals surface area contributed by atoms with Gasteiger partial charge in [0.15, 0.2) is 5.82 Å². The number of aryl methyl sites for hydroxylation is 1. The quantitative estimate of drug-likeness (QED) is 0.759. The fraction of sp³-hybridized carbons (Fsp3) is 0.238. The maximum Gasteiger partial charge on any atom is 0.227 e. The molecule has 1 aromatic heterocycles. The van der Waals surface area contributed by atoms with E-state index in [1.54, 1.807) is 12.1 Å². The van der Waals surface area contributed by atoms with Crippen molar-refractivity contribution in [1.29, 1.82) is 0 Å². The van der Waals surface area contributed by atoms with Gasteiger partial charge in [0.2, 0.25) is 5.91 Å². The van der Waals surface area contributed by atoms with Gasteiger partial charge in [0.25, 0.3) is 0 Å². The van der Waals surface area contributed by atoms with E-state index in [9.17, 15) is 9.18 Å². The summed E-state index contributed by atoms with van der Waals surface area (Å²) in [5.41, 5.74) is 3.59. The Balaban J connectivity index is 1.49. The van der Waals surface area contributed by atoms with Crippen molar-refractivity contribution in [3.8, 4) is 0 Å². The van der Waals surface area contributed by atoms with Crippen LogP contribution in [0.4, 0.5) is 15.9 Å². The van der Waals surface area contributed by atoms with Crippen molar-refractivity contribution >= 4 is 17.4 Å². The van der Waals surface area contributed by atoms with Gasteiger partial charge in [-0.3, -0.25) is 4.79 Å². The Morgan fingerprint density at radius 2 is 2.11 bits per heavy atom. The number of anilines is 2. The van der Waals surface area contributed by atoms with E-state index in [0.717, 1.165) is 22.5 Å². The van der Waals surface area contributed by atoms with Crippen LogP contribution in [0.1, 0.15) is 22.5 Å². The molecule has 1 N–H and O–H groups in total. The zero-order chi connectivity index (χ0) is 18.8. The highest BCUT2D eigenvalue weighted by Crippen LogP contribution is 2.28. The fourth-order valence-electron chi connectivity index (χ4n) is 3.33. The first-order valence-electron chi connectivity index (χ1n) is 8.92. The molecule has 1 amide bonds. The van der Waals surface area contributed by atoms with Crippen LogP contribution >= 0.6 is 0 Å². The van der Waals surface area contributed by atoms with Gasteiger partial charge in [0, 0.05) is 18.7 Å². The number of hydrogen-bond acceptors (Lipinski definition) is 4. The molecule has 6 heteroatoms. The average Bonchev–Trinajstić information content (AvgIpc) is 3.04. The lowest BCUT2D eigenvalue weighted by Gasteiger charge is -2.26. The predicted molar refractivity (Wildman–Crippen MR) is 100 cm³/mol. The lowest BCUT2D eigenvalue weighted by atomic mass is 10.1. The Hall–Kier alpha value is -3.15. The van der Waals surface area contributed by atoms with E-state index < -0.39 is 0 Å². The Bertz CT molecular complexity index is 983. The molecule has 4 rings (SSSR count). The molecule has 3 aromatic rings. The molecule has 0 bridgehead atoms. The monoisotopic (exact) mass is 365 g/mol. The number of hydrogen-bond donors (Lipinski definition) is 1. The third kappa shape index (κ3) is 3.84. The van der Waals surface area contributed by atoms with Gasteiger partial charge in [0.05, 0.1) is 18.5 Å². The molecule has 27 heavy (non-hydrogen) atoms. The zero-order valence-electron chi connectivity index (χ0n) is 15.0. The first-order chi connectivity index (χ1) is 13.1. The predicted octanol–water partition coefficient (Wildman–Crippen LogP) is 3.99. The highest BCUT2D eigenvalue weighted by Gasteiger charge is 2.27. The van der Waals surface area contributed by atoms with E-state index in [1.807, 2.05) is 36.1 Å². The number of aromatic nitrogens is 1. The van der Waals surface area contributed by atoms with Crippen LogP contribution in [0.2, 0.25) is 0 Å². The van der Waals surface area contributed by atoms with E-state index in [0.29, 0.717) is 37.4 Å². The third-order valence-electron chi connectivity index (χ3n) is 4.71. The first kappa shape index (κ1) is 17.3. The minimum Gasteiger partial charge on any atom is -0.359 e. The Morgan fingerprint density at radius 3 is 2.93 bits per heavy atom. The molecule has 138 valence electrons. The molecular weight excluding hydrogens is 345 g/mol. The maximum atomic E-state index is 13.4. The summed E-state index contributed by atoms with van der Waals surface area (Å²) in [5, 5.41) is 7.15. The molecule has 0 spiro atoms. The Kier molecular flexibility index (Phi) is 4.62. The number of halogens is 1. The standard InChI is InChI=1S/C21H20FN3O2/c1-14-4-2-5-15(10-14)11-20(26)25-9-8-19-18(13-25)21(24-27-19)23-17-7-3-6-16(22)12-17/h2-7,10,12H,8-9,11,13H2,1H3,(H,23,24). The number of carbonyl (C=O) groups excluding carboxylic acids is 1. The van der Waals surface area contributed by atoms with E-state index >= 15 is 0 Å². The fourth-order valence-corrected chi connectivity index (χ4v) is 3.33. The second kappa shape index (κ2) is 7.23. The molecule has 0 radical (unpaired) electrons. The normalized spacial score (nSPS) is 13.3. The summed E-state index contributed by atoms with van der Waals surface area (Å²) in [4.78, 5) is 14.5. The number of benzene rings is 2. The number of rotatable bonds is 4. The number of carbonyl (C=O) groups is 1. The Labute approximate surface area is 156 Å². The van der Waals surface area contributed by atoms with Gasteiger partial charge < -0.3 is 14.7 Å². The van der Waals surface area contributed by atoms with Gasteiger partial charge in [-0.15, -0.1) is 0 Å². The molecule has 0 atom stereocenters. The largest absolute Gasteiger partial charge is 0.359 e. The van der Waals surface area contributed by atoms with Gasteiger partial charge in [-0.1, -0.05) is 41.1 Å². The van der Waals surface area contributed by atoms with E-state index in [-0.39, 0.29) is 11.7 Å². The molecule has 5 nitrogen and oxygen atoms in total. The molecule has 1 aliphatic rings. The molecule has 0 fully saturated rings. The summed E-state index contributed by atoms with van der Waals surface area (Å²) in [6.45, 7) is 3.05. The number of nitrogens with one attached hydrogen (secondary N) is 1. The maximum absolute atomic E-state index is 13.4. The second-order valence-corrected chi connectivity index (χ2v) is 6.80. The molecule has 1 aliphatic heterocycles. The second-order valence-electron chi connectivity index (χ2n) is 6.80. The van der Waals surface area contributed by atoms with Crippen LogP contribution in [0.15, 0.2) is 53.1 Å². The van der Waals surface area contributed by atoms with Crippen LogP contribution in [0.25, 0.3) is 0 Å². The summed E-state index contributed by atoms with van der Waals surface area (Å²) < 4.78 is 18.8.